The summed E-state index contributed by atoms with van der Waals surface area (Å²) in [6.45, 7) is 3.83. The summed E-state index contributed by atoms with van der Waals surface area (Å²) in [7, 11) is 1.82. The zero-order valence-electron chi connectivity index (χ0n) is 17.8. The number of nitrogens with one attached hydrogen (secondary N) is 2. The van der Waals surface area contributed by atoms with Crippen molar-refractivity contribution in [2.24, 2.45) is 7.05 Å². The number of hydrogen-bond acceptors (Lipinski definition) is 7. The Morgan fingerprint density at radius 3 is 2.62 bits per heavy atom. The van der Waals surface area contributed by atoms with Crippen molar-refractivity contribution < 1.29 is 9.59 Å². The van der Waals surface area contributed by atoms with Crippen LogP contribution in [0.4, 0.5) is 5.13 Å². The lowest BCUT2D eigenvalue weighted by Gasteiger charge is -2.13. The lowest BCUT2D eigenvalue weighted by atomic mass is 10.1. The number of fused-ring (bicyclic) bond motifs is 1. The number of thioether (sulfide) groups is 1. The predicted octanol–water partition coefficient (Wildman–Crippen LogP) is 3.96. The first-order chi connectivity index (χ1) is 15.4. The van der Waals surface area contributed by atoms with Crippen molar-refractivity contribution in [2.75, 3.05) is 11.1 Å². The maximum Gasteiger partial charge on any atom is 0.251 e. The molecule has 0 aliphatic carbocycles. The number of benzene rings is 2. The molecule has 4 rings (SSSR count). The topological polar surface area (TPSA) is 102 Å². The third-order valence-electron chi connectivity index (χ3n) is 4.79. The summed E-state index contributed by atoms with van der Waals surface area (Å²) in [4.78, 5) is 29.3. The Labute approximate surface area is 193 Å². The number of thiazole rings is 1. The smallest absolute Gasteiger partial charge is 0.251 e. The van der Waals surface area contributed by atoms with E-state index in [-0.39, 0.29) is 23.6 Å². The molecule has 0 radical (unpaired) electrons. The average molecular weight is 467 g/mol. The van der Waals surface area contributed by atoms with Gasteiger partial charge in [-0.3, -0.25) is 9.59 Å². The number of carbonyl (C=O) groups is 2. The third-order valence-corrected chi connectivity index (χ3v) is 6.76. The molecule has 0 fully saturated rings. The first-order valence-electron chi connectivity index (χ1n) is 9.96. The zero-order valence-corrected chi connectivity index (χ0v) is 19.5. The summed E-state index contributed by atoms with van der Waals surface area (Å²) in [6, 6.07) is 14.8. The molecule has 0 saturated heterocycles. The minimum atomic E-state index is -0.341. The van der Waals surface area contributed by atoms with Crippen LogP contribution < -0.4 is 10.6 Å². The molecule has 4 aromatic rings. The Morgan fingerprint density at radius 1 is 1.12 bits per heavy atom. The SMILES string of the molecule is Cc1ccc(C(=O)N[C@H](C)c2nnc(SCC(=O)Nc3nc4ccccc4s3)n2C)cc1. The Kier molecular flexibility index (Phi) is 6.52. The van der Waals surface area contributed by atoms with E-state index in [0.29, 0.717) is 21.7 Å². The number of amides is 2. The Balaban J connectivity index is 1.34. The molecule has 2 aromatic heterocycles. The van der Waals surface area contributed by atoms with E-state index >= 15 is 0 Å². The second-order valence-corrected chi connectivity index (χ2v) is 9.26. The Hall–Kier alpha value is -3.24. The molecule has 2 N–H and O–H groups in total. The van der Waals surface area contributed by atoms with Gasteiger partial charge in [-0.25, -0.2) is 4.98 Å². The summed E-state index contributed by atoms with van der Waals surface area (Å²) in [5, 5.41) is 15.3. The monoisotopic (exact) mass is 466 g/mol. The molecule has 2 aromatic carbocycles. The van der Waals surface area contributed by atoms with Gasteiger partial charge in [0, 0.05) is 12.6 Å². The fraction of sp³-hybridized carbons (Fsp3) is 0.227. The van der Waals surface area contributed by atoms with Gasteiger partial charge in [0.25, 0.3) is 5.91 Å². The van der Waals surface area contributed by atoms with Gasteiger partial charge < -0.3 is 15.2 Å². The summed E-state index contributed by atoms with van der Waals surface area (Å²) in [6.07, 6.45) is 0. The van der Waals surface area contributed by atoms with Crippen LogP contribution in [-0.4, -0.2) is 37.3 Å². The fourth-order valence-corrected chi connectivity index (χ4v) is 4.69. The molecule has 0 bridgehead atoms. The number of carbonyl (C=O) groups excluding carboxylic acids is 2. The van der Waals surface area contributed by atoms with Crippen LogP contribution in [0.2, 0.25) is 0 Å². The normalized spacial score (nSPS) is 12.0. The number of para-hydroxylation sites is 1. The molecule has 164 valence electrons. The number of hydrogen-bond donors (Lipinski definition) is 2. The fourth-order valence-electron chi connectivity index (χ4n) is 3.09. The molecule has 2 heterocycles. The molecular weight excluding hydrogens is 444 g/mol. The van der Waals surface area contributed by atoms with E-state index in [1.807, 2.05) is 57.3 Å². The standard InChI is InChI=1S/C22H22N6O2S2/c1-13-8-10-15(11-9-13)20(30)23-14(2)19-26-27-22(28(19)3)31-12-18(29)25-21-24-16-6-4-5-7-17(16)32-21/h4-11,14H,12H2,1-3H3,(H,23,30)(H,24,25,29)/t14-/m1/s1. The van der Waals surface area contributed by atoms with E-state index in [4.69, 9.17) is 0 Å². The van der Waals surface area contributed by atoms with Gasteiger partial charge in [0.1, 0.15) is 0 Å². The highest BCUT2D eigenvalue weighted by Gasteiger charge is 2.19. The minimum absolute atomic E-state index is 0.167. The van der Waals surface area contributed by atoms with Gasteiger partial charge in [-0.05, 0) is 38.1 Å². The number of anilines is 1. The molecule has 0 unspecified atom stereocenters. The van der Waals surface area contributed by atoms with Crippen LogP contribution in [0.1, 0.15) is 34.7 Å². The number of aromatic nitrogens is 4. The molecule has 8 nitrogen and oxygen atoms in total. The van der Waals surface area contributed by atoms with E-state index < -0.39 is 0 Å². The van der Waals surface area contributed by atoms with E-state index in [9.17, 15) is 9.59 Å². The van der Waals surface area contributed by atoms with Crippen LogP contribution in [0.3, 0.4) is 0 Å². The molecule has 1 atom stereocenters. The highest BCUT2D eigenvalue weighted by atomic mass is 32.2. The Bertz CT molecular complexity index is 1230. The van der Waals surface area contributed by atoms with Crippen molar-refractivity contribution >= 4 is 50.3 Å². The lowest BCUT2D eigenvalue weighted by molar-refractivity contribution is -0.113. The number of rotatable bonds is 7. The van der Waals surface area contributed by atoms with E-state index in [1.54, 1.807) is 16.7 Å². The average Bonchev–Trinajstić information content (AvgIpc) is 3.35. The van der Waals surface area contributed by atoms with Crippen molar-refractivity contribution in [3.8, 4) is 0 Å². The van der Waals surface area contributed by atoms with E-state index in [0.717, 1.165) is 15.8 Å². The summed E-state index contributed by atoms with van der Waals surface area (Å²) in [5.74, 6) is 0.440. The van der Waals surface area contributed by atoms with Crippen molar-refractivity contribution in [1.29, 1.82) is 0 Å². The molecule has 0 spiro atoms. The molecule has 2 amide bonds. The van der Waals surface area contributed by atoms with Crippen molar-refractivity contribution in [1.82, 2.24) is 25.1 Å². The first-order valence-corrected chi connectivity index (χ1v) is 11.8. The van der Waals surface area contributed by atoms with Crippen molar-refractivity contribution in [3.63, 3.8) is 0 Å². The van der Waals surface area contributed by atoms with E-state index in [2.05, 4.69) is 25.8 Å². The second-order valence-electron chi connectivity index (χ2n) is 7.28. The highest BCUT2D eigenvalue weighted by molar-refractivity contribution is 7.99. The summed E-state index contributed by atoms with van der Waals surface area (Å²) < 4.78 is 2.81. The molecule has 32 heavy (non-hydrogen) atoms. The van der Waals surface area contributed by atoms with Gasteiger partial charge in [0.05, 0.1) is 22.0 Å². The van der Waals surface area contributed by atoms with Crippen molar-refractivity contribution in [3.05, 3.63) is 65.5 Å². The third kappa shape index (κ3) is 4.97. The van der Waals surface area contributed by atoms with E-state index in [1.165, 1.54) is 23.1 Å². The van der Waals surface area contributed by atoms with Crippen LogP contribution in [0.25, 0.3) is 10.2 Å². The van der Waals surface area contributed by atoms with Gasteiger partial charge in [-0.2, -0.15) is 0 Å². The quantitative estimate of drug-likeness (QED) is 0.400. The van der Waals surface area contributed by atoms with Crippen LogP contribution in [0.15, 0.2) is 53.7 Å². The van der Waals surface area contributed by atoms with Gasteiger partial charge >= 0.3 is 0 Å². The maximum absolute atomic E-state index is 12.5. The number of nitrogens with zero attached hydrogens (tertiary/aromatic N) is 4. The van der Waals surface area contributed by atoms with Crippen LogP contribution in [-0.2, 0) is 11.8 Å². The van der Waals surface area contributed by atoms with Gasteiger partial charge in [-0.1, -0.05) is 52.9 Å². The minimum Gasteiger partial charge on any atom is -0.342 e. The first kappa shape index (κ1) is 22.0. The molecule has 10 heteroatoms. The largest absolute Gasteiger partial charge is 0.342 e. The Morgan fingerprint density at radius 2 is 1.88 bits per heavy atom. The highest BCUT2D eigenvalue weighted by Crippen LogP contribution is 2.26. The number of aryl methyl sites for hydroxylation is 1. The van der Waals surface area contributed by atoms with Crippen molar-refractivity contribution in [2.45, 2.75) is 25.0 Å². The van der Waals surface area contributed by atoms with Crippen LogP contribution in [0, 0.1) is 6.92 Å². The predicted molar refractivity (Wildman–Crippen MR) is 127 cm³/mol. The van der Waals surface area contributed by atoms with Gasteiger partial charge in [0.15, 0.2) is 16.1 Å². The van der Waals surface area contributed by atoms with Gasteiger partial charge in [0.2, 0.25) is 5.91 Å². The second kappa shape index (κ2) is 9.49. The van der Waals surface area contributed by atoms with Crippen LogP contribution >= 0.6 is 23.1 Å². The zero-order chi connectivity index (χ0) is 22.7. The molecule has 0 aliphatic heterocycles. The molecule has 0 saturated carbocycles. The summed E-state index contributed by atoms with van der Waals surface area (Å²) in [5.41, 5.74) is 2.54. The van der Waals surface area contributed by atoms with Crippen LogP contribution in [0.5, 0.6) is 0 Å². The molecular formula is C22H22N6O2S2. The molecule has 0 aliphatic rings. The lowest BCUT2D eigenvalue weighted by Crippen LogP contribution is -2.28. The summed E-state index contributed by atoms with van der Waals surface area (Å²) >= 11 is 2.72. The van der Waals surface area contributed by atoms with Gasteiger partial charge in [-0.15, -0.1) is 10.2 Å². The maximum atomic E-state index is 12.5.